The SMILES string of the molecule is CCOCCCn1c(=O)c2ccccc2n2c(SC(C)C(=O)c3ccc(OC)c(OC)c3)nnc12. The van der Waals surface area contributed by atoms with Crippen molar-refractivity contribution in [1.29, 1.82) is 0 Å². The van der Waals surface area contributed by atoms with Crippen molar-refractivity contribution in [3.8, 4) is 11.5 Å². The fourth-order valence-corrected chi connectivity index (χ4v) is 4.85. The molecule has 10 heteroatoms. The first kappa shape index (κ1) is 24.7. The molecule has 1 atom stereocenters. The topological polar surface area (TPSA) is 97.0 Å². The molecule has 184 valence electrons. The number of aromatic nitrogens is 4. The van der Waals surface area contributed by atoms with E-state index >= 15 is 0 Å². The predicted molar refractivity (Wildman–Crippen MR) is 135 cm³/mol. The number of para-hydroxylation sites is 1. The Morgan fingerprint density at radius 3 is 2.60 bits per heavy atom. The molecule has 0 fully saturated rings. The van der Waals surface area contributed by atoms with Crippen LogP contribution in [0.2, 0.25) is 0 Å². The third-order valence-electron chi connectivity index (χ3n) is 5.67. The lowest BCUT2D eigenvalue weighted by Gasteiger charge is -2.14. The van der Waals surface area contributed by atoms with Crippen LogP contribution >= 0.6 is 11.8 Å². The number of ether oxygens (including phenoxy) is 3. The van der Waals surface area contributed by atoms with Gasteiger partial charge in [0.1, 0.15) is 0 Å². The molecule has 4 aromatic rings. The Hall–Kier alpha value is -3.37. The van der Waals surface area contributed by atoms with E-state index in [4.69, 9.17) is 14.2 Å². The smallest absolute Gasteiger partial charge is 0.262 e. The van der Waals surface area contributed by atoms with Crippen LogP contribution in [0.5, 0.6) is 11.5 Å². The number of thioether (sulfide) groups is 1. The highest BCUT2D eigenvalue weighted by Gasteiger charge is 2.23. The number of methoxy groups -OCH3 is 2. The maximum atomic E-state index is 13.2. The lowest BCUT2D eigenvalue weighted by molar-refractivity contribution is 0.0993. The number of benzene rings is 2. The summed E-state index contributed by atoms with van der Waals surface area (Å²) < 4.78 is 19.5. The van der Waals surface area contributed by atoms with Crippen molar-refractivity contribution in [3.05, 3.63) is 58.4 Å². The highest BCUT2D eigenvalue weighted by atomic mass is 32.2. The number of hydrogen-bond acceptors (Lipinski definition) is 8. The molecule has 0 aliphatic carbocycles. The summed E-state index contributed by atoms with van der Waals surface area (Å²) >= 11 is 1.30. The molecule has 0 N–H and O–H groups in total. The minimum atomic E-state index is -0.461. The standard InChI is InChI=1S/C25H28N4O5S/c1-5-34-14-8-13-28-23(31)18-9-6-7-10-19(18)29-24(28)26-27-25(29)35-16(2)22(30)17-11-12-20(32-3)21(15-17)33-4/h6-7,9-12,15-16H,5,8,13-14H2,1-4H3. The number of nitrogens with zero attached hydrogens (tertiary/aromatic N) is 4. The van der Waals surface area contributed by atoms with Gasteiger partial charge < -0.3 is 14.2 Å². The van der Waals surface area contributed by atoms with Gasteiger partial charge in [-0.2, -0.15) is 0 Å². The van der Waals surface area contributed by atoms with E-state index in [0.717, 1.165) is 0 Å². The molecule has 2 aromatic heterocycles. The van der Waals surface area contributed by atoms with Crippen LogP contribution < -0.4 is 15.0 Å². The van der Waals surface area contributed by atoms with Crippen molar-refractivity contribution in [2.45, 2.75) is 37.2 Å². The molecule has 9 nitrogen and oxygen atoms in total. The molecule has 0 saturated heterocycles. The number of hydrogen-bond donors (Lipinski definition) is 0. The summed E-state index contributed by atoms with van der Waals surface area (Å²) in [5, 5.41) is 9.33. The third kappa shape index (κ3) is 4.89. The van der Waals surface area contributed by atoms with E-state index in [1.54, 1.807) is 35.9 Å². The first-order chi connectivity index (χ1) is 17.0. The van der Waals surface area contributed by atoms with Crippen LogP contribution in [0.1, 0.15) is 30.6 Å². The van der Waals surface area contributed by atoms with Gasteiger partial charge in [-0.25, -0.2) is 0 Å². The maximum absolute atomic E-state index is 13.2. The molecular weight excluding hydrogens is 468 g/mol. The fourth-order valence-electron chi connectivity index (χ4n) is 3.92. The summed E-state index contributed by atoms with van der Waals surface area (Å²) in [6.07, 6.45) is 0.672. The molecule has 35 heavy (non-hydrogen) atoms. The normalized spacial score (nSPS) is 12.2. The second-order valence-corrected chi connectivity index (χ2v) is 9.14. The van der Waals surface area contributed by atoms with Crippen molar-refractivity contribution in [3.63, 3.8) is 0 Å². The van der Waals surface area contributed by atoms with E-state index in [0.29, 0.717) is 65.1 Å². The van der Waals surface area contributed by atoms with Crippen molar-refractivity contribution in [1.82, 2.24) is 19.2 Å². The van der Waals surface area contributed by atoms with Gasteiger partial charge in [-0.15, -0.1) is 10.2 Å². The zero-order chi connectivity index (χ0) is 24.9. The lowest BCUT2D eigenvalue weighted by Crippen LogP contribution is -2.24. The zero-order valence-electron chi connectivity index (χ0n) is 20.2. The molecule has 0 amide bonds. The Kier molecular flexibility index (Phi) is 7.72. The number of fused-ring (bicyclic) bond motifs is 3. The Balaban J connectivity index is 1.70. The Morgan fingerprint density at radius 1 is 1.09 bits per heavy atom. The first-order valence-corrected chi connectivity index (χ1v) is 12.2. The van der Waals surface area contributed by atoms with Crippen LogP contribution in [0.4, 0.5) is 0 Å². The van der Waals surface area contributed by atoms with Gasteiger partial charge in [0.05, 0.1) is 30.4 Å². The number of Topliss-reactive ketones (excluding diaryl/α,β-unsaturated/α-hetero) is 1. The van der Waals surface area contributed by atoms with Gasteiger partial charge in [0.25, 0.3) is 5.56 Å². The van der Waals surface area contributed by atoms with Crippen LogP contribution in [-0.2, 0) is 11.3 Å². The van der Waals surface area contributed by atoms with Gasteiger partial charge in [0, 0.05) is 25.3 Å². The molecular formula is C25H28N4O5S. The second-order valence-electron chi connectivity index (χ2n) is 7.84. The van der Waals surface area contributed by atoms with Gasteiger partial charge in [-0.05, 0) is 50.6 Å². The first-order valence-electron chi connectivity index (χ1n) is 11.4. The minimum absolute atomic E-state index is 0.0814. The van der Waals surface area contributed by atoms with E-state index in [1.807, 2.05) is 36.4 Å². The predicted octanol–water partition coefficient (Wildman–Crippen LogP) is 3.85. The van der Waals surface area contributed by atoms with Crippen molar-refractivity contribution in [2.75, 3.05) is 27.4 Å². The molecule has 0 aliphatic rings. The maximum Gasteiger partial charge on any atom is 0.262 e. The molecule has 0 bridgehead atoms. The molecule has 4 rings (SSSR count). The summed E-state index contributed by atoms with van der Waals surface area (Å²) in [5.74, 6) is 1.41. The summed E-state index contributed by atoms with van der Waals surface area (Å²) in [5.41, 5.74) is 1.09. The Labute approximate surface area is 207 Å². The van der Waals surface area contributed by atoms with Crippen molar-refractivity contribution in [2.24, 2.45) is 0 Å². The average molecular weight is 497 g/mol. The van der Waals surface area contributed by atoms with Crippen LogP contribution in [-0.4, -0.2) is 57.6 Å². The van der Waals surface area contributed by atoms with Gasteiger partial charge in [0.15, 0.2) is 22.4 Å². The quantitative estimate of drug-likeness (QED) is 0.175. The lowest BCUT2D eigenvalue weighted by atomic mass is 10.1. The number of carbonyl (C=O) groups is 1. The van der Waals surface area contributed by atoms with Crippen LogP contribution in [0.15, 0.2) is 52.4 Å². The van der Waals surface area contributed by atoms with Crippen LogP contribution in [0.3, 0.4) is 0 Å². The van der Waals surface area contributed by atoms with E-state index in [9.17, 15) is 9.59 Å². The number of rotatable bonds is 11. The van der Waals surface area contributed by atoms with E-state index in [-0.39, 0.29) is 11.3 Å². The number of ketones is 1. The largest absolute Gasteiger partial charge is 0.493 e. The molecule has 0 radical (unpaired) electrons. The highest BCUT2D eigenvalue weighted by molar-refractivity contribution is 8.00. The van der Waals surface area contributed by atoms with Gasteiger partial charge >= 0.3 is 0 Å². The Bertz CT molecular complexity index is 1410. The fraction of sp³-hybridized carbons (Fsp3) is 0.360. The Morgan fingerprint density at radius 2 is 1.86 bits per heavy atom. The van der Waals surface area contributed by atoms with Crippen LogP contribution in [0.25, 0.3) is 16.7 Å². The van der Waals surface area contributed by atoms with E-state index < -0.39 is 5.25 Å². The zero-order valence-corrected chi connectivity index (χ0v) is 21.0. The summed E-state index contributed by atoms with van der Waals surface area (Å²) in [7, 11) is 3.08. The van der Waals surface area contributed by atoms with Crippen LogP contribution in [0, 0.1) is 0 Å². The average Bonchev–Trinajstić information content (AvgIpc) is 3.30. The number of carbonyl (C=O) groups excluding carboxylic acids is 1. The molecule has 2 heterocycles. The molecule has 1 unspecified atom stereocenters. The monoisotopic (exact) mass is 496 g/mol. The summed E-state index contributed by atoms with van der Waals surface area (Å²) in [6, 6.07) is 12.5. The van der Waals surface area contributed by atoms with Gasteiger partial charge in [-0.3, -0.25) is 18.6 Å². The second kappa shape index (κ2) is 10.9. The van der Waals surface area contributed by atoms with Gasteiger partial charge in [-0.1, -0.05) is 23.9 Å². The molecule has 0 spiro atoms. The van der Waals surface area contributed by atoms with Crippen molar-refractivity contribution >= 4 is 34.2 Å². The van der Waals surface area contributed by atoms with E-state index in [2.05, 4.69) is 10.2 Å². The molecule has 0 aliphatic heterocycles. The number of aryl methyl sites for hydroxylation is 1. The third-order valence-corrected chi connectivity index (χ3v) is 6.71. The van der Waals surface area contributed by atoms with Crippen molar-refractivity contribution < 1.29 is 19.0 Å². The summed E-state index contributed by atoms with van der Waals surface area (Å²) in [4.78, 5) is 26.4. The summed E-state index contributed by atoms with van der Waals surface area (Å²) in [6.45, 7) is 5.39. The van der Waals surface area contributed by atoms with E-state index in [1.165, 1.54) is 18.9 Å². The molecule has 2 aromatic carbocycles. The van der Waals surface area contributed by atoms with Gasteiger partial charge in [0.2, 0.25) is 5.78 Å². The minimum Gasteiger partial charge on any atom is -0.493 e. The highest BCUT2D eigenvalue weighted by Crippen LogP contribution is 2.31. The molecule has 0 saturated carbocycles.